The zero-order valence-corrected chi connectivity index (χ0v) is 17.7. The predicted octanol–water partition coefficient (Wildman–Crippen LogP) is 4.34. The number of ether oxygens (including phenoxy) is 4. The minimum atomic E-state index is -0.590. The van der Waals surface area contributed by atoms with Gasteiger partial charge in [-0.25, -0.2) is 0 Å². The van der Waals surface area contributed by atoms with Crippen molar-refractivity contribution in [2.24, 2.45) is 0 Å². The van der Waals surface area contributed by atoms with Crippen LogP contribution in [0, 0.1) is 0 Å². The van der Waals surface area contributed by atoms with E-state index in [1.54, 1.807) is 21.3 Å². The number of nitrogens with one attached hydrogen (secondary N) is 1. The molecule has 6 nitrogen and oxygen atoms in total. The number of fused-ring (bicyclic) bond motifs is 1. The predicted molar refractivity (Wildman–Crippen MR) is 117 cm³/mol. The molecule has 0 spiro atoms. The number of amides is 1. The van der Waals surface area contributed by atoms with Gasteiger partial charge in [-0.2, -0.15) is 0 Å². The summed E-state index contributed by atoms with van der Waals surface area (Å²) in [5, 5.41) is 5.13. The Bertz CT molecular complexity index is 992. The first-order valence-corrected chi connectivity index (χ1v) is 9.81. The van der Waals surface area contributed by atoms with Crippen LogP contribution in [-0.4, -0.2) is 33.3 Å². The van der Waals surface area contributed by atoms with Gasteiger partial charge in [0.2, 0.25) is 5.75 Å². The molecule has 0 aromatic heterocycles. The average Bonchev–Trinajstić information content (AvgIpc) is 2.79. The molecule has 3 aromatic rings. The fourth-order valence-corrected chi connectivity index (χ4v) is 3.27. The minimum Gasteiger partial charge on any atom is -0.493 e. The molecule has 1 N–H and O–H groups in total. The Balaban J connectivity index is 1.69. The quantitative estimate of drug-likeness (QED) is 0.570. The molecule has 0 aliphatic carbocycles. The van der Waals surface area contributed by atoms with E-state index >= 15 is 0 Å². The van der Waals surface area contributed by atoms with Crippen LogP contribution in [0.3, 0.4) is 0 Å². The summed E-state index contributed by atoms with van der Waals surface area (Å²) < 4.78 is 22.0. The van der Waals surface area contributed by atoms with Crippen LogP contribution in [0.4, 0.5) is 0 Å². The van der Waals surface area contributed by atoms with Crippen LogP contribution in [0.2, 0.25) is 0 Å². The van der Waals surface area contributed by atoms with Crippen molar-refractivity contribution >= 4 is 16.7 Å². The molecule has 0 unspecified atom stereocenters. The van der Waals surface area contributed by atoms with Gasteiger partial charge in [-0.1, -0.05) is 37.3 Å². The number of hydrogen-bond donors (Lipinski definition) is 1. The summed E-state index contributed by atoms with van der Waals surface area (Å²) in [4.78, 5) is 12.7. The molecule has 0 saturated carbocycles. The van der Waals surface area contributed by atoms with Gasteiger partial charge in [0.1, 0.15) is 5.75 Å². The van der Waals surface area contributed by atoms with E-state index in [-0.39, 0.29) is 5.91 Å². The van der Waals surface area contributed by atoms with E-state index in [0.29, 0.717) is 36.0 Å². The summed E-state index contributed by atoms with van der Waals surface area (Å²) in [6, 6.07) is 17.5. The molecule has 0 aliphatic rings. The number of rotatable bonds is 9. The van der Waals surface area contributed by atoms with Crippen molar-refractivity contribution in [3.05, 3.63) is 60.2 Å². The van der Waals surface area contributed by atoms with E-state index in [4.69, 9.17) is 18.9 Å². The third-order valence-corrected chi connectivity index (χ3v) is 4.85. The standard InChI is InChI=1S/C24H27NO5/c1-5-20(30-19-11-10-17-8-6-7-9-18(17)14-19)24(26)25-15-16-12-21(27-2)23(29-4)22(13-16)28-3/h6-14,20H,5,15H2,1-4H3,(H,25,26)/t20-/m0/s1. The maximum Gasteiger partial charge on any atom is 0.261 e. The summed E-state index contributed by atoms with van der Waals surface area (Å²) in [5.74, 6) is 2.09. The van der Waals surface area contributed by atoms with Crippen LogP contribution in [0.1, 0.15) is 18.9 Å². The third kappa shape index (κ3) is 4.76. The highest BCUT2D eigenvalue weighted by molar-refractivity contribution is 5.84. The van der Waals surface area contributed by atoms with Crippen molar-refractivity contribution in [1.82, 2.24) is 5.32 Å². The summed E-state index contributed by atoms with van der Waals surface area (Å²) >= 11 is 0. The van der Waals surface area contributed by atoms with Crippen molar-refractivity contribution < 1.29 is 23.7 Å². The van der Waals surface area contributed by atoms with Crippen LogP contribution in [0.5, 0.6) is 23.0 Å². The van der Waals surface area contributed by atoms with Crippen LogP contribution in [-0.2, 0) is 11.3 Å². The fraction of sp³-hybridized carbons (Fsp3) is 0.292. The summed E-state index contributed by atoms with van der Waals surface area (Å²) in [6.07, 6.45) is -0.0401. The van der Waals surface area contributed by atoms with Gasteiger partial charge >= 0.3 is 0 Å². The molecular weight excluding hydrogens is 382 g/mol. The van der Waals surface area contributed by atoms with Gasteiger partial charge in [0.15, 0.2) is 17.6 Å². The molecule has 3 rings (SSSR count). The first-order valence-electron chi connectivity index (χ1n) is 9.81. The Kier molecular flexibility index (Phi) is 7.01. The number of carbonyl (C=O) groups is 1. The highest BCUT2D eigenvalue weighted by Gasteiger charge is 2.19. The third-order valence-electron chi connectivity index (χ3n) is 4.85. The Labute approximate surface area is 176 Å². The maximum absolute atomic E-state index is 12.7. The highest BCUT2D eigenvalue weighted by atomic mass is 16.5. The monoisotopic (exact) mass is 409 g/mol. The summed E-state index contributed by atoms with van der Waals surface area (Å²) in [5.41, 5.74) is 0.832. The number of hydrogen-bond acceptors (Lipinski definition) is 5. The first-order chi connectivity index (χ1) is 14.6. The van der Waals surface area contributed by atoms with Crippen molar-refractivity contribution in [3.8, 4) is 23.0 Å². The van der Waals surface area contributed by atoms with Crippen molar-refractivity contribution in [3.63, 3.8) is 0 Å². The van der Waals surface area contributed by atoms with Crippen molar-refractivity contribution in [2.45, 2.75) is 26.0 Å². The molecule has 0 heterocycles. The molecular formula is C24H27NO5. The molecule has 0 fully saturated rings. The van der Waals surface area contributed by atoms with E-state index in [1.165, 1.54) is 0 Å². The van der Waals surface area contributed by atoms with Crippen LogP contribution < -0.4 is 24.3 Å². The molecule has 3 aromatic carbocycles. The minimum absolute atomic E-state index is 0.181. The lowest BCUT2D eigenvalue weighted by Gasteiger charge is -2.18. The van der Waals surface area contributed by atoms with E-state index in [2.05, 4.69) is 5.32 Å². The Morgan fingerprint density at radius 1 is 0.900 bits per heavy atom. The van der Waals surface area contributed by atoms with Crippen LogP contribution >= 0.6 is 0 Å². The van der Waals surface area contributed by atoms with Gasteiger partial charge in [0.25, 0.3) is 5.91 Å². The maximum atomic E-state index is 12.7. The van der Waals surface area contributed by atoms with E-state index in [0.717, 1.165) is 16.3 Å². The Morgan fingerprint density at radius 3 is 2.17 bits per heavy atom. The molecule has 158 valence electrons. The first kappa shape index (κ1) is 21.3. The lowest BCUT2D eigenvalue weighted by atomic mass is 10.1. The Hall–Kier alpha value is -3.41. The van der Waals surface area contributed by atoms with E-state index in [1.807, 2.05) is 61.5 Å². The summed E-state index contributed by atoms with van der Waals surface area (Å²) in [6.45, 7) is 2.23. The lowest BCUT2D eigenvalue weighted by Crippen LogP contribution is -2.37. The lowest BCUT2D eigenvalue weighted by molar-refractivity contribution is -0.128. The highest BCUT2D eigenvalue weighted by Crippen LogP contribution is 2.38. The van der Waals surface area contributed by atoms with Gasteiger partial charge in [-0.05, 0) is 47.0 Å². The Morgan fingerprint density at radius 2 is 1.57 bits per heavy atom. The van der Waals surface area contributed by atoms with Gasteiger partial charge in [0, 0.05) is 6.54 Å². The van der Waals surface area contributed by atoms with Gasteiger partial charge < -0.3 is 24.3 Å². The number of methoxy groups -OCH3 is 3. The molecule has 1 amide bonds. The molecule has 6 heteroatoms. The van der Waals surface area contributed by atoms with Crippen molar-refractivity contribution in [2.75, 3.05) is 21.3 Å². The average molecular weight is 409 g/mol. The summed E-state index contributed by atoms with van der Waals surface area (Å²) in [7, 11) is 4.67. The molecule has 0 saturated heterocycles. The zero-order chi connectivity index (χ0) is 21.5. The molecule has 0 aliphatic heterocycles. The molecule has 0 bridgehead atoms. The molecule has 1 atom stereocenters. The normalized spacial score (nSPS) is 11.6. The van der Waals surface area contributed by atoms with Crippen molar-refractivity contribution in [1.29, 1.82) is 0 Å². The van der Waals surface area contributed by atoms with E-state index < -0.39 is 6.10 Å². The topological polar surface area (TPSA) is 66.0 Å². The molecule has 30 heavy (non-hydrogen) atoms. The van der Waals surface area contributed by atoms with E-state index in [9.17, 15) is 4.79 Å². The van der Waals surface area contributed by atoms with Gasteiger partial charge in [-0.15, -0.1) is 0 Å². The second-order valence-electron chi connectivity index (χ2n) is 6.78. The van der Waals surface area contributed by atoms with Crippen LogP contribution in [0.25, 0.3) is 10.8 Å². The SMILES string of the molecule is CC[C@H](Oc1ccc2ccccc2c1)C(=O)NCc1cc(OC)c(OC)c(OC)c1. The largest absolute Gasteiger partial charge is 0.493 e. The second-order valence-corrected chi connectivity index (χ2v) is 6.78. The number of carbonyl (C=O) groups excluding carboxylic acids is 1. The zero-order valence-electron chi connectivity index (χ0n) is 17.7. The number of benzene rings is 3. The molecule has 0 radical (unpaired) electrons. The van der Waals surface area contributed by atoms with Gasteiger partial charge in [-0.3, -0.25) is 4.79 Å². The van der Waals surface area contributed by atoms with Crippen LogP contribution in [0.15, 0.2) is 54.6 Å². The van der Waals surface area contributed by atoms with Gasteiger partial charge in [0.05, 0.1) is 21.3 Å². The second kappa shape index (κ2) is 9.87. The smallest absolute Gasteiger partial charge is 0.261 e. The fourth-order valence-electron chi connectivity index (χ4n) is 3.27.